The molecule has 1 unspecified atom stereocenters. The first-order valence-electron chi connectivity index (χ1n) is 6.85. The average molecular weight is 248 g/mol. The van der Waals surface area contributed by atoms with Crippen molar-refractivity contribution in [3.05, 3.63) is 34.9 Å². The number of aryl methyl sites for hydroxylation is 2. The molecular weight excluding hydrogens is 224 g/mol. The Hall–Kier alpha value is -0.900. The molecule has 1 saturated heterocycles. The van der Waals surface area contributed by atoms with Crippen LogP contribution in [0.2, 0.25) is 0 Å². The van der Waals surface area contributed by atoms with Crippen molar-refractivity contribution in [1.29, 1.82) is 0 Å². The van der Waals surface area contributed by atoms with Crippen molar-refractivity contribution in [2.75, 3.05) is 32.8 Å². The second-order valence-corrected chi connectivity index (χ2v) is 5.20. The van der Waals surface area contributed by atoms with Gasteiger partial charge in [-0.25, -0.2) is 0 Å². The van der Waals surface area contributed by atoms with Crippen LogP contribution in [0.5, 0.6) is 0 Å². The Morgan fingerprint density at radius 1 is 1.28 bits per heavy atom. The predicted octanol–water partition coefficient (Wildman–Crippen LogP) is 1.63. The summed E-state index contributed by atoms with van der Waals surface area (Å²) in [7, 11) is 0. The Bertz CT molecular complexity index is 384. The first kappa shape index (κ1) is 13.5. The van der Waals surface area contributed by atoms with Crippen LogP contribution >= 0.6 is 0 Å². The Kier molecular flexibility index (Phi) is 4.75. The molecule has 2 rings (SSSR count). The van der Waals surface area contributed by atoms with Crippen LogP contribution < -0.4 is 5.32 Å². The lowest BCUT2D eigenvalue weighted by molar-refractivity contribution is 0.129. The topological polar surface area (TPSA) is 35.5 Å². The highest BCUT2D eigenvalue weighted by Gasteiger charge is 2.21. The van der Waals surface area contributed by atoms with E-state index in [9.17, 15) is 5.11 Å². The van der Waals surface area contributed by atoms with Gasteiger partial charge in [0.2, 0.25) is 0 Å². The van der Waals surface area contributed by atoms with Crippen LogP contribution in [-0.4, -0.2) is 42.8 Å². The van der Waals surface area contributed by atoms with Gasteiger partial charge in [-0.2, -0.15) is 0 Å². The van der Waals surface area contributed by atoms with Gasteiger partial charge in [0, 0.05) is 19.6 Å². The molecule has 0 saturated carbocycles. The van der Waals surface area contributed by atoms with Crippen molar-refractivity contribution in [3.63, 3.8) is 0 Å². The minimum Gasteiger partial charge on any atom is -0.394 e. The standard InChI is InChI=1S/C15H24N2O/c1-12-4-5-14(13(2)10-12)15(11-18)17-8-3-6-16-7-9-17/h4-5,10,15-16,18H,3,6-9,11H2,1-2H3. The summed E-state index contributed by atoms with van der Waals surface area (Å²) in [4.78, 5) is 2.40. The van der Waals surface area contributed by atoms with Crippen LogP contribution in [0.3, 0.4) is 0 Å². The number of rotatable bonds is 3. The SMILES string of the molecule is Cc1ccc(C(CO)N2CCCNCC2)c(C)c1. The van der Waals surface area contributed by atoms with E-state index in [0.29, 0.717) is 0 Å². The number of aliphatic hydroxyl groups is 1. The molecule has 1 fully saturated rings. The molecule has 100 valence electrons. The van der Waals surface area contributed by atoms with E-state index in [-0.39, 0.29) is 12.6 Å². The van der Waals surface area contributed by atoms with Gasteiger partial charge in [-0.15, -0.1) is 0 Å². The van der Waals surface area contributed by atoms with Crippen molar-refractivity contribution in [2.45, 2.75) is 26.3 Å². The van der Waals surface area contributed by atoms with Crippen molar-refractivity contribution in [1.82, 2.24) is 10.2 Å². The van der Waals surface area contributed by atoms with Gasteiger partial charge in [0.25, 0.3) is 0 Å². The summed E-state index contributed by atoms with van der Waals surface area (Å²) in [6.45, 7) is 8.62. The highest BCUT2D eigenvalue weighted by atomic mass is 16.3. The quantitative estimate of drug-likeness (QED) is 0.853. The van der Waals surface area contributed by atoms with Crippen molar-refractivity contribution < 1.29 is 5.11 Å². The molecule has 0 bridgehead atoms. The first-order chi connectivity index (χ1) is 8.72. The van der Waals surface area contributed by atoms with Crippen LogP contribution in [0, 0.1) is 13.8 Å². The van der Waals surface area contributed by atoms with E-state index >= 15 is 0 Å². The number of nitrogens with one attached hydrogen (secondary N) is 1. The molecule has 1 aromatic rings. The molecule has 18 heavy (non-hydrogen) atoms. The summed E-state index contributed by atoms with van der Waals surface area (Å²) in [5.74, 6) is 0. The Morgan fingerprint density at radius 3 is 2.83 bits per heavy atom. The fraction of sp³-hybridized carbons (Fsp3) is 0.600. The summed E-state index contributed by atoms with van der Waals surface area (Å²) in [5.41, 5.74) is 3.83. The smallest absolute Gasteiger partial charge is 0.0628 e. The highest BCUT2D eigenvalue weighted by Crippen LogP contribution is 2.24. The molecule has 0 radical (unpaired) electrons. The molecule has 3 heteroatoms. The van der Waals surface area contributed by atoms with Crippen LogP contribution in [0.4, 0.5) is 0 Å². The van der Waals surface area contributed by atoms with Gasteiger partial charge < -0.3 is 10.4 Å². The minimum absolute atomic E-state index is 0.144. The van der Waals surface area contributed by atoms with Gasteiger partial charge >= 0.3 is 0 Å². The lowest BCUT2D eigenvalue weighted by atomic mass is 9.98. The molecule has 1 aromatic carbocycles. The van der Waals surface area contributed by atoms with Crippen LogP contribution in [0.1, 0.15) is 29.2 Å². The molecular formula is C15H24N2O. The third-order valence-electron chi connectivity index (χ3n) is 3.77. The molecule has 0 amide bonds. The molecule has 0 spiro atoms. The second kappa shape index (κ2) is 6.32. The number of nitrogens with zero attached hydrogens (tertiary/aromatic N) is 1. The molecule has 0 aromatic heterocycles. The molecule has 1 heterocycles. The van der Waals surface area contributed by atoms with Gasteiger partial charge in [-0.3, -0.25) is 4.90 Å². The lowest BCUT2D eigenvalue weighted by Crippen LogP contribution is -2.34. The first-order valence-corrected chi connectivity index (χ1v) is 6.85. The summed E-state index contributed by atoms with van der Waals surface area (Å²) >= 11 is 0. The van der Waals surface area contributed by atoms with E-state index in [1.54, 1.807) is 0 Å². The van der Waals surface area contributed by atoms with Crippen LogP contribution in [0.15, 0.2) is 18.2 Å². The maximum Gasteiger partial charge on any atom is 0.0628 e. The second-order valence-electron chi connectivity index (χ2n) is 5.20. The van der Waals surface area contributed by atoms with E-state index in [0.717, 1.165) is 32.6 Å². The number of hydrogen-bond acceptors (Lipinski definition) is 3. The van der Waals surface area contributed by atoms with Crippen molar-refractivity contribution in [2.24, 2.45) is 0 Å². The zero-order valence-electron chi connectivity index (χ0n) is 11.4. The summed E-state index contributed by atoms with van der Waals surface area (Å²) < 4.78 is 0. The average Bonchev–Trinajstić information content (AvgIpc) is 2.62. The zero-order valence-corrected chi connectivity index (χ0v) is 11.4. The van der Waals surface area contributed by atoms with E-state index < -0.39 is 0 Å². The number of aliphatic hydroxyl groups excluding tert-OH is 1. The molecule has 1 aliphatic rings. The van der Waals surface area contributed by atoms with Gasteiger partial charge in [-0.05, 0) is 37.9 Å². The van der Waals surface area contributed by atoms with Crippen molar-refractivity contribution >= 4 is 0 Å². The number of hydrogen-bond donors (Lipinski definition) is 2. The summed E-state index contributed by atoms with van der Waals surface area (Å²) in [5, 5.41) is 13.2. The maximum absolute atomic E-state index is 9.76. The van der Waals surface area contributed by atoms with E-state index in [1.165, 1.54) is 16.7 Å². The maximum atomic E-state index is 9.76. The fourth-order valence-corrected chi connectivity index (χ4v) is 2.79. The zero-order chi connectivity index (χ0) is 13.0. The fourth-order valence-electron chi connectivity index (χ4n) is 2.79. The summed E-state index contributed by atoms with van der Waals surface area (Å²) in [6.07, 6.45) is 1.15. The van der Waals surface area contributed by atoms with Gasteiger partial charge in [0.05, 0.1) is 12.6 Å². The largest absolute Gasteiger partial charge is 0.394 e. The van der Waals surface area contributed by atoms with Gasteiger partial charge in [0.15, 0.2) is 0 Å². The Morgan fingerprint density at radius 2 is 2.11 bits per heavy atom. The lowest BCUT2D eigenvalue weighted by Gasteiger charge is -2.30. The summed E-state index contributed by atoms with van der Waals surface area (Å²) in [6, 6.07) is 6.66. The van der Waals surface area contributed by atoms with Crippen LogP contribution in [0.25, 0.3) is 0 Å². The molecule has 0 aliphatic carbocycles. The van der Waals surface area contributed by atoms with E-state index in [4.69, 9.17) is 0 Å². The van der Waals surface area contributed by atoms with Crippen LogP contribution in [-0.2, 0) is 0 Å². The van der Waals surface area contributed by atoms with E-state index in [2.05, 4.69) is 42.3 Å². The molecule has 2 N–H and O–H groups in total. The minimum atomic E-state index is 0.144. The normalized spacial score (nSPS) is 19.5. The third kappa shape index (κ3) is 3.10. The van der Waals surface area contributed by atoms with Gasteiger partial charge in [0.1, 0.15) is 0 Å². The van der Waals surface area contributed by atoms with E-state index in [1.807, 2.05) is 0 Å². The third-order valence-corrected chi connectivity index (χ3v) is 3.77. The number of benzene rings is 1. The predicted molar refractivity (Wildman–Crippen MR) is 74.8 cm³/mol. The molecule has 3 nitrogen and oxygen atoms in total. The van der Waals surface area contributed by atoms with Crippen molar-refractivity contribution in [3.8, 4) is 0 Å². The molecule has 1 atom stereocenters. The monoisotopic (exact) mass is 248 g/mol. The van der Waals surface area contributed by atoms with Gasteiger partial charge in [-0.1, -0.05) is 23.8 Å². The highest BCUT2D eigenvalue weighted by molar-refractivity contribution is 5.33. The Labute approximate surface area is 110 Å². The Balaban J connectivity index is 2.20. The molecule has 1 aliphatic heterocycles.